The Hall–Kier alpha value is 0.580. The summed E-state index contributed by atoms with van der Waals surface area (Å²) in [4.78, 5) is 0. The Morgan fingerprint density at radius 3 is 1.24 bits per heavy atom. The van der Waals surface area contributed by atoms with Crippen LogP contribution < -0.4 is 0 Å². The third kappa shape index (κ3) is 8.79. The second-order valence-electron chi connectivity index (χ2n) is 12.0. The first-order valence-corrected chi connectivity index (χ1v) is 18.4. The molecule has 224 valence electrons. The van der Waals surface area contributed by atoms with Crippen molar-refractivity contribution in [1.82, 2.24) is 0 Å². The fourth-order valence-corrected chi connectivity index (χ4v) is 16.1. The fourth-order valence-electron chi connectivity index (χ4n) is 9.73. The van der Waals surface area contributed by atoms with E-state index in [9.17, 15) is 0 Å². The Morgan fingerprint density at radius 2 is 0.947 bits per heavy atom. The van der Waals surface area contributed by atoms with E-state index in [-0.39, 0.29) is 55.9 Å². The van der Waals surface area contributed by atoms with Crippen LogP contribution in [0.5, 0.6) is 0 Å². The topological polar surface area (TPSA) is 0 Å². The summed E-state index contributed by atoms with van der Waals surface area (Å²) >= 11 is 0. The van der Waals surface area contributed by atoms with Gasteiger partial charge in [0.25, 0.3) is 0 Å². The van der Waals surface area contributed by atoms with Crippen LogP contribution in [0.3, 0.4) is 0 Å². The van der Waals surface area contributed by atoms with E-state index < -0.39 is 8.07 Å². The van der Waals surface area contributed by atoms with Gasteiger partial charge >= 0.3 is 26.2 Å². The standard InChI is InChI=1S/C28H48Si.2C2H6.4CH3.Zr/c1-7-13-21-19(3)27(25-17-11-9-15-23(21)25)29(5,6)28-20(4)22(14-8-2)24-16-10-12-18-26(24)28;2*1-2;;;;;/h11-12,17-28H,7-10,13-16H2,1-6H3;2*1-2H3;4*1H3;/q;;;4*-1;+4. The molecule has 0 aromatic rings. The molecule has 0 aromatic heterocycles. The number of rotatable bonds is 6. The van der Waals surface area contributed by atoms with Crippen LogP contribution in [0.2, 0.25) is 24.2 Å². The first kappa shape index (κ1) is 45.6. The van der Waals surface area contributed by atoms with Crippen LogP contribution in [-0.4, -0.2) is 8.07 Å². The zero-order valence-corrected chi connectivity index (χ0v) is 32.2. The van der Waals surface area contributed by atoms with Crippen molar-refractivity contribution < 1.29 is 26.2 Å². The average Bonchev–Trinajstić information content (AvgIpc) is 3.29. The van der Waals surface area contributed by atoms with Crippen molar-refractivity contribution in [2.75, 3.05) is 0 Å². The Labute approximate surface area is 265 Å². The summed E-state index contributed by atoms with van der Waals surface area (Å²) < 4.78 is 0. The van der Waals surface area contributed by atoms with E-state index in [2.05, 4.69) is 65.1 Å². The zero-order valence-electron chi connectivity index (χ0n) is 28.7. The maximum Gasteiger partial charge on any atom is 4.00 e. The third-order valence-electron chi connectivity index (χ3n) is 10.4. The smallest absolute Gasteiger partial charge is 0.358 e. The minimum Gasteiger partial charge on any atom is -0.358 e. The predicted octanol–water partition coefficient (Wildman–Crippen LogP) is 12.6. The van der Waals surface area contributed by atoms with Gasteiger partial charge in [0.05, 0.1) is 8.07 Å². The summed E-state index contributed by atoms with van der Waals surface area (Å²) in [6.45, 7) is 23.9. The number of allylic oxidation sites excluding steroid dienone is 4. The van der Waals surface area contributed by atoms with Gasteiger partial charge in [-0.2, -0.15) is 0 Å². The third-order valence-corrected chi connectivity index (χ3v) is 15.7. The van der Waals surface area contributed by atoms with Crippen molar-refractivity contribution in [3.63, 3.8) is 0 Å². The molecule has 2 saturated carbocycles. The number of hydrogen-bond acceptors (Lipinski definition) is 0. The zero-order chi connectivity index (χ0) is 24.8. The van der Waals surface area contributed by atoms with E-state index >= 15 is 0 Å². The predicted molar refractivity (Wildman–Crippen MR) is 179 cm³/mol. The van der Waals surface area contributed by atoms with Crippen LogP contribution in [0.15, 0.2) is 24.3 Å². The van der Waals surface area contributed by atoms with Crippen LogP contribution in [0, 0.1) is 77.0 Å². The molecule has 0 nitrogen and oxygen atoms in total. The minimum atomic E-state index is -1.42. The molecule has 0 N–H and O–H groups in total. The monoisotopic (exact) mass is 622 g/mol. The normalized spacial score (nSPS) is 35.9. The summed E-state index contributed by atoms with van der Waals surface area (Å²) in [5.41, 5.74) is 2.01. The molecule has 0 radical (unpaired) electrons. The molecule has 10 atom stereocenters. The molecule has 0 heterocycles. The average molecular weight is 624 g/mol. The maximum atomic E-state index is 2.84. The number of hydrogen-bond donors (Lipinski definition) is 0. The van der Waals surface area contributed by atoms with E-state index in [4.69, 9.17) is 0 Å². The number of fused-ring (bicyclic) bond motifs is 2. The molecule has 2 heteroatoms. The quantitative estimate of drug-likeness (QED) is 0.157. The van der Waals surface area contributed by atoms with Crippen LogP contribution in [0.1, 0.15) is 107 Å². The Kier molecular flexibility index (Phi) is 25.5. The summed E-state index contributed by atoms with van der Waals surface area (Å²) in [5.74, 6) is 7.66. The Balaban J connectivity index is -0.000000614. The molecule has 0 aromatic carbocycles. The van der Waals surface area contributed by atoms with E-state index in [0.717, 1.165) is 58.4 Å². The van der Waals surface area contributed by atoms with Gasteiger partial charge in [-0.3, -0.25) is 0 Å². The van der Waals surface area contributed by atoms with Crippen molar-refractivity contribution in [1.29, 1.82) is 0 Å². The van der Waals surface area contributed by atoms with Crippen LogP contribution in [0.4, 0.5) is 0 Å². The van der Waals surface area contributed by atoms with Gasteiger partial charge in [-0.15, -0.1) is 0 Å². The van der Waals surface area contributed by atoms with Crippen LogP contribution in [0.25, 0.3) is 0 Å². The van der Waals surface area contributed by atoms with E-state index in [1.807, 2.05) is 27.7 Å². The molecule has 4 aliphatic carbocycles. The molecule has 0 saturated heterocycles. The van der Waals surface area contributed by atoms with Crippen molar-refractivity contribution in [2.24, 2.45) is 47.3 Å². The molecular formula is C36H72SiZr. The maximum absolute atomic E-state index is 2.84. The van der Waals surface area contributed by atoms with Crippen molar-refractivity contribution >= 4 is 8.07 Å². The van der Waals surface area contributed by atoms with Gasteiger partial charge in [0.2, 0.25) is 0 Å². The minimum absolute atomic E-state index is 0. The molecule has 2 fully saturated rings. The van der Waals surface area contributed by atoms with Gasteiger partial charge in [-0.1, -0.05) is 118 Å². The molecular weight excluding hydrogens is 552 g/mol. The molecule has 0 aliphatic heterocycles. The van der Waals surface area contributed by atoms with Gasteiger partial charge < -0.3 is 29.7 Å². The molecule has 4 rings (SSSR count). The van der Waals surface area contributed by atoms with Crippen molar-refractivity contribution in [3.8, 4) is 0 Å². The first-order chi connectivity index (χ1) is 15.9. The van der Waals surface area contributed by atoms with E-state index in [1.54, 1.807) is 0 Å². The molecule has 38 heavy (non-hydrogen) atoms. The second-order valence-corrected chi connectivity index (χ2v) is 17.0. The van der Waals surface area contributed by atoms with Gasteiger partial charge in [-0.05, 0) is 84.1 Å². The van der Waals surface area contributed by atoms with Crippen LogP contribution in [-0.2, 0) is 26.2 Å². The Morgan fingerprint density at radius 1 is 0.632 bits per heavy atom. The summed E-state index contributed by atoms with van der Waals surface area (Å²) in [5, 5.41) is 0. The molecule has 0 bridgehead atoms. The van der Waals surface area contributed by atoms with Crippen molar-refractivity contribution in [3.05, 3.63) is 54.0 Å². The molecule has 4 aliphatic rings. The second kappa shape index (κ2) is 21.3. The fraction of sp³-hybridized carbons (Fsp3) is 0.778. The summed E-state index contributed by atoms with van der Waals surface area (Å²) in [6, 6.07) is 0. The molecule has 0 spiro atoms. The van der Waals surface area contributed by atoms with Gasteiger partial charge in [0.1, 0.15) is 0 Å². The summed E-state index contributed by atoms with van der Waals surface area (Å²) in [7, 11) is -1.42. The van der Waals surface area contributed by atoms with E-state index in [1.165, 1.54) is 51.4 Å². The van der Waals surface area contributed by atoms with E-state index in [0.29, 0.717) is 0 Å². The van der Waals surface area contributed by atoms with Gasteiger partial charge in [0, 0.05) is 0 Å². The summed E-state index contributed by atoms with van der Waals surface area (Å²) in [6.07, 6.45) is 21.9. The SMILES string of the molecule is CC.CC.CCCC1C(C)C([Si](C)(C)C2C(C)C(CCC)C3CCC=CC32)C2C=CCCC21.[CH3-].[CH3-].[CH3-].[CH3-].[Zr+4]. The first-order valence-electron chi connectivity index (χ1n) is 15.3. The van der Waals surface area contributed by atoms with Crippen LogP contribution >= 0.6 is 0 Å². The molecule has 0 amide bonds. The largest absolute Gasteiger partial charge is 4.00 e. The molecule has 10 unspecified atom stereocenters. The van der Waals surface area contributed by atoms with Gasteiger partial charge in [0.15, 0.2) is 0 Å². The Bertz CT molecular complexity index is 571. The van der Waals surface area contributed by atoms with Gasteiger partial charge in [-0.25, -0.2) is 0 Å². The van der Waals surface area contributed by atoms with Crippen molar-refractivity contribution in [2.45, 2.75) is 131 Å².